The van der Waals surface area contributed by atoms with Gasteiger partial charge in [-0.3, -0.25) is 10.5 Å². The summed E-state index contributed by atoms with van der Waals surface area (Å²) >= 11 is 0. The largest absolute Gasteiger partial charge is 0.508 e. The molecule has 3 fully saturated rings. The summed E-state index contributed by atoms with van der Waals surface area (Å²) in [6.07, 6.45) is 4.53. The highest BCUT2D eigenvalue weighted by molar-refractivity contribution is 5.82. The fraction of sp³-hybridized carbons (Fsp3) is 0.426. The number of ketones is 1. The molecule has 0 unspecified atom stereocenters. The lowest BCUT2D eigenvalue weighted by Crippen LogP contribution is -2.51. The van der Waals surface area contributed by atoms with Gasteiger partial charge in [0.2, 0.25) is 5.75 Å². The van der Waals surface area contributed by atoms with Crippen LogP contribution < -0.4 is 15.2 Å². The Labute approximate surface area is 384 Å². The summed E-state index contributed by atoms with van der Waals surface area (Å²) < 4.78 is 11.9. The summed E-state index contributed by atoms with van der Waals surface area (Å²) in [4.78, 5) is 14.8. The minimum Gasteiger partial charge on any atom is -0.508 e. The van der Waals surface area contributed by atoms with E-state index in [0.29, 0.717) is 49.7 Å². The number of aliphatic hydroxyl groups excluding tert-OH is 2. The van der Waals surface area contributed by atoms with Crippen LogP contribution in [-0.4, -0.2) is 66.1 Å². The van der Waals surface area contributed by atoms with Crippen LogP contribution in [0.25, 0.3) is 0 Å². The van der Waals surface area contributed by atoms with Crippen molar-refractivity contribution >= 4 is 5.78 Å². The zero-order valence-corrected chi connectivity index (χ0v) is 37.0. The maximum absolute atomic E-state index is 14.8. The minimum absolute atomic E-state index is 0.00510. The fourth-order valence-corrected chi connectivity index (χ4v) is 13.1. The number of aromatic hydroxyl groups is 6. The second kappa shape index (κ2) is 18.7. The minimum atomic E-state index is -1.10. The Morgan fingerprint density at radius 2 is 1.59 bits per heavy atom. The average Bonchev–Trinajstić information content (AvgIpc) is 3.58. The number of phenols is 6. The third-order valence-corrected chi connectivity index (χ3v) is 15.9. The van der Waals surface area contributed by atoms with E-state index in [-0.39, 0.29) is 108 Å². The van der Waals surface area contributed by atoms with Crippen molar-refractivity contribution < 1.29 is 55.1 Å². The van der Waals surface area contributed by atoms with Gasteiger partial charge in [0.15, 0.2) is 23.0 Å². The van der Waals surface area contributed by atoms with Crippen LogP contribution in [0.15, 0.2) is 97.1 Å². The van der Waals surface area contributed by atoms with E-state index in [4.69, 9.17) is 15.2 Å². The molecule has 5 aromatic carbocycles. The van der Waals surface area contributed by atoms with Gasteiger partial charge in [-0.2, -0.15) is 0 Å². The molecule has 348 valence electrons. The normalized spacial score (nSPS) is 27.7. The van der Waals surface area contributed by atoms with Crippen LogP contribution in [0.1, 0.15) is 96.6 Å². The predicted molar refractivity (Wildman–Crippen MR) is 247 cm³/mol. The van der Waals surface area contributed by atoms with E-state index in [1.165, 1.54) is 17.7 Å². The molecule has 0 aliphatic heterocycles. The Morgan fingerprint density at radius 3 is 2.35 bits per heavy atom. The summed E-state index contributed by atoms with van der Waals surface area (Å²) in [7, 11) is 0. The van der Waals surface area contributed by atoms with E-state index in [2.05, 4.69) is 24.3 Å². The molecule has 0 aromatic heterocycles. The van der Waals surface area contributed by atoms with Gasteiger partial charge in [0.1, 0.15) is 36.4 Å². The van der Waals surface area contributed by atoms with Crippen LogP contribution in [0.3, 0.4) is 0 Å². The van der Waals surface area contributed by atoms with Crippen LogP contribution in [0, 0.1) is 35.5 Å². The Morgan fingerprint density at radius 1 is 0.788 bits per heavy atom. The van der Waals surface area contributed by atoms with Crippen molar-refractivity contribution in [2.45, 2.75) is 94.2 Å². The first-order valence-corrected chi connectivity index (χ1v) is 23.4. The lowest BCUT2D eigenvalue weighted by atomic mass is 9.52. The van der Waals surface area contributed by atoms with Crippen molar-refractivity contribution in [2.75, 3.05) is 13.3 Å². The number of carbonyl (C=O) groups excluding carboxylic acids is 1. The number of phenolic OH excluding ortho intramolecular Hbond substituents is 6. The first kappa shape index (κ1) is 45.2. The Kier molecular flexibility index (Phi) is 12.8. The van der Waals surface area contributed by atoms with Gasteiger partial charge in [0.25, 0.3) is 0 Å². The quantitative estimate of drug-likeness (QED) is 0.0359. The molecule has 5 aliphatic rings. The number of aryl methyl sites for hydroxylation is 1. The fourth-order valence-electron chi connectivity index (χ4n) is 13.1. The summed E-state index contributed by atoms with van der Waals surface area (Å²) in [5.74, 6) is -2.76. The molecule has 0 saturated heterocycles. The van der Waals surface area contributed by atoms with E-state index < -0.39 is 29.3 Å². The van der Waals surface area contributed by atoms with Crippen molar-refractivity contribution in [3.8, 4) is 46.0 Å². The third kappa shape index (κ3) is 8.50. The number of rotatable bonds is 15. The molecule has 0 amide bonds. The van der Waals surface area contributed by atoms with Gasteiger partial charge in [-0.15, -0.1) is 0 Å². The van der Waals surface area contributed by atoms with Gasteiger partial charge in [0.05, 0.1) is 6.10 Å². The molecule has 5 aliphatic carbocycles. The van der Waals surface area contributed by atoms with Gasteiger partial charge >= 0.3 is 0 Å². The first-order chi connectivity index (χ1) is 31.9. The lowest BCUT2D eigenvalue weighted by Gasteiger charge is -2.52. The standard InChI is InChI=1S/C54H61NO11/c55-29-66-47-20-30(10-14-44(47)60)9-13-43(59)40-22-34(21-33-11-12-38(58)25-45(33)61)39-23-35-24-42(54(36-6-2-1-3-7-36)17-15-31(27-54)16-18-56)49(50(39)51(40)63)41-26-46(62)52(64)53(48(35)41)65-28-32-5-4-8-37(57)19-32/h1-8,10-12,14,19-20,25-26,31,34-35,39-40,42,49-51,56-58,60-64H,9,13,15-18,21-24,27-29,55H2/t31-,34-,35-,39+,40-,42-,49-,50+,51-,54-/m0/s1. The zero-order valence-electron chi connectivity index (χ0n) is 37.0. The van der Waals surface area contributed by atoms with Crippen LogP contribution in [0.2, 0.25) is 0 Å². The van der Waals surface area contributed by atoms with Crippen LogP contribution in [-0.2, 0) is 29.7 Å². The van der Waals surface area contributed by atoms with E-state index in [0.717, 1.165) is 36.0 Å². The molecule has 12 nitrogen and oxygen atoms in total. The maximum Gasteiger partial charge on any atom is 0.200 e. The molecular formula is C54H61NO11. The van der Waals surface area contributed by atoms with Gasteiger partial charge in [-0.05, 0) is 169 Å². The number of hydrogen-bond acceptors (Lipinski definition) is 12. The second-order valence-electron chi connectivity index (χ2n) is 19.4. The molecule has 0 heterocycles. The summed E-state index contributed by atoms with van der Waals surface area (Å²) in [6, 6.07) is 28.3. The van der Waals surface area contributed by atoms with E-state index in [9.17, 15) is 45.6 Å². The molecule has 10 atom stereocenters. The zero-order chi connectivity index (χ0) is 46.3. The van der Waals surface area contributed by atoms with Crippen molar-refractivity contribution in [2.24, 2.45) is 41.2 Å². The summed E-state index contributed by atoms with van der Waals surface area (Å²) in [5, 5.41) is 88.9. The molecule has 2 bridgehead atoms. The van der Waals surface area contributed by atoms with Gasteiger partial charge < -0.3 is 50.3 Å². The highest BCUT2D eigenvalue weighted by Crippen LogP contribution is 2.69. The number of aliphatic hydroxyl groups is 2. The van der Waals surface area contributed by atoms with E-state index >= 15 is 0 Å². The average molecular weight is 900 g/mol. The highest BCUT2D eigenvalue weighted by atomic mass is 16.5. The molecule has 5 aromatic rings. The number of Topliss-reactive ketones (excluding diaryl/α,β-unsaturated/α-hetero) is 1. The van der Waals surface area contributed by atoms with Crippen LogP contribution in [0.4, 0.5) is 0 Å². The van der Waals surface area contributed by atoms with E-state index in [1.54, 1.807) is 48.5 Å². The third-order valence-electron chi connectivity index (χ3n) is 15.9. The monoisotopic (exact) mass is 899 g/mol. The molecule has 66 heavy (non-hydrogen) atoms. The smallest absolute Gasteiger partial charge is 0.200 e. The van der Waals surface area contributed by atoms with Crippen molar-refractivity contribution in [1.29, 1.82) is 0 Å². The molecule has 10 rings (SSSR count). The molecule has 3 saturated carbocycles. The molecule has 0 radical (unpaired) electrons. The number of ether oxygens (including phenoxy) is 2. The highest BCUT2D eigenvalue weighted by Gasteiger charge is 2.61. The number of benzene rings is 5. The molecule has 0 spiro atoms. The Bertz CT molecular complexity index is 2550. The number of nitrogens with two attached hydrogens (primary N) is 1. The number of carbonyl (C=O) groups is 1. The maximum atomic E-state index is 14.8. The lowest BCUT2D eigenvalue weighted by molar-refractivity contribution is -0.136. The second-order valence-corrected chi connectivity index (χ2v) is 19.4. The SMILES string of the molecule is NCOc1cc(CCC(=O)[C@@H]2C[C@H](Cc3ccc(O)cc3O)[C@H]3C[C@H]4C[C@H]([C@@]5(c6ccccc6)CC[C@@H](CCO)C5)[C@H](c5cc(O)c(O)c(OCc6cccc(O)c6)c54)[C@@H]3[C@H]2O)ccc1O. The molecular weight excluding hydrogens is 839 g/mol. The van der Waals surface area contributed by atoms with Gasteiger partial charge in [-0.1, -0.05) is 54.6 Å². The number of hydrogen-bond donors (Lipinski definition) is 9. The topological polar surface area (TPSA) is 223 Å². The Hall–Kier alpha value is -5.95. The predicted octanol–water partition coefficient (Wildman–Crippen LogP) is 8.18. The van der Waals surface area contributed by atoms with E-state index in [1.807, 2.05) is 12.1 Å². The van der Waals surface area contributed by atoms with Gasteiger partial charge in [-0.25, -0.2) is 0 Å². The van der Waals surface area contributed by atoms with Crippen molar-refractivity contribution in [3.05, 3.63) is 130 Å². The number of fused-ring (bicyclic) bond motifs is 1. The molecule has 12 heteroatoms. The summed E-state index contributed by atoms with van der Waals surface area (Å²) in [5.41, 5.74) is 10.00. The Balaban J connectivity index is 1.19. The van der Waals surface area contributed by atoms with Crippen LogP contribution in [0.5, 0.6) is 46.0 Å². The molecule has 10 N–H and O–H groups in total. The summed E-state index contributed by atoms with van der Waals surface area (Å²) in [6.45, 7) is -0.0507. The van der Waals surface area contributed by atoms with Crippen molar-refractivity contribution in [3.63, 3.8) is 0 Å². The van der Waals surface area contributed by atoms with Gasteiger partial charge in [0, 0.05) is 30.6 Å². The van der Waals surface area contributed by atoms with Crippen LogP contribution >= 0.6 is 0 Å². The van der Waals surface area contributed by atoms with Crippen molar-refractivity contribution in [1.82, 2.24) is 0 Å². The first-order valence-electron chi connectivity index (χ1n) is 23.4.